The van der Waals surface area contributed by atoms with Crippen LogP contribution in [0.15, 0.2) is 6.07 Å². The van der Waals surface area contributed by atoms with Gasteiger partial charge in [-0.2, -0.15) is 5.26 Å². The SMILES string of the molecule is CC1CNC(=O)Cc2c1[nH]c1c(Cl)c(Cl)cc(OCC#N)c21. The van der Waals surface area contributed by atoms with Crippen molar-refractivity contribution in [1.29, 1.82) is 5.26 Å². The highest BCUT2D eigenvalue weighted by Crippen LogP contribution is 2.42. The van der Waals surface area contributed by atoms with Gasteiger partial charge in [-0.15, -0.1) is 0 Å². The van der Waals surface area contributed by atoms with Crippen LogP contribution in [0.2, 0.25) is 10.0 Å². The van der Waals surface area contributed by atoms with Gasteiger partial charge in [0.15, 0.2) is 6.61 Å². The standard InChI is InChI=1S/C15H13Cl2N3O2/c1-7-6-19-11(21)4-8-12-10(22-3-2-18)5-9(16)13(17)15(12)20-14(7)8/h5,7,20H,3-4,6H2,1H3,(H,19,21). The van der Waals surface area contributed by atoms with Crippen LogP contribution in [-0.2, 0) is 11.2 Å². The van der Waals surface area contributed by atoms with E-state index in [0.717, 1.165) is 16.6 Å². The van der Waals surface area contributed by atoms with Crippen LogP contribution in [0.1, 0.15) is 24.1 Å². The Bertz CT molecular complexity index is 807. The normalized spacial score (nSPS) is 17.5. The quantitative estimate of drug-likeness (QED) is 0.883. The predicted molar refractivity (Wildman–Crippen MR) is 84.6 cm³/mol. The summed E-state index contributed by atoms with van der Waals surface area (Å²) in [7, 11) is 0. The number of hydrogen-bond donors (Lipinski definition) is 2. The second-order valence-corrected chi connectivity index (χ2v) is 6.05. The number of nitrogens with zero attached hydrogens (tertiary/aromatic N) is 1. The lowest BCUT2D eigenvalue weighted by molar-refractivity contribution is -0.120. The zero-order valence-corrected chi connectivity index (χ0v) is 13.3. The number of halogens is 2. The first-order valence-corrected chi connectivity index (χ1v) is 7.57. The van der Waals surface area contributed by atoms with E-state index in [1.54, 1.807) is 6.07 Å². The van der Waals surface area contributed by atoms with Gasteiger partial charge in [0, 0.05) is 29.6 Å². The molecule has 2 heterocycles. The molecule has 0 saturated carbocycles. The van der Waals surface area contributed by atoms with Crippen molar-refractivity contribution in [2.45, 2.75) is 19.3 Å². The number of nitriles is 1. The van der Waals surface area contributed by atoms with Crippen LogP contribution in [0.5, 0.6) is 5.75 Å². The first kappa shape index (κ1) is 15.0. The van der Waals surface area contributed by atoms with Crippen LogP contribution in [0.3, 0.4) is 0 Å². The number of amides is 1. The fourth-order valence-corrected chi connectivity index (χ4v) is 3.17. The molecule has 0 radical (unpaired) electrons. The van der Waals surface area contributed by atoms with Crippen molar-refractivity contribution in [3.8, 4) is 11.8 Å². The van der Waals surface area contributed by atoms with Gasteiger partial charge < -0.3 is 15.0 Å². The molecule has 0 fully saturated rings. The maximum absolute atomic E-state index is 11.9. The Kier molecular flexibility index (Phi) is 3.90. The molecule has 0 aliphatic carbocycles. The molecule has 1 aliphatic heterocycles. The van der Waals surface area contributed by atoms with E-state index in [1.807, 2.05) is 13.0 Å². The van der Waals surface area contributed by atoms with Gasteiger partial charge in [-0.05, 0) is 5.56 Å². The first-order valence-electron chi connectivity index (χ1n) is 6.81. The second kappa shape index (κ2) is 5.71. The van der Waals surface area contributed by atoms with E-state index < -0.39 is 0 Å². The molecule has 2 aromatic rings. The summed E-state index contributed by atoms with van der Waals surface area (Å²) in [5.41, 5.74) is 2.44. The number of rotatable bonds is 2. The maximum Gasteiger partial charge on any atom is 0.224 e. The Balaban J connectivity index is 2.30. The summed E-state index contributed by atoms with van der Waals surface area (Å²) in [4.78, 5) is 15.2. The molecule has 1 atom stereocenters. The fourth-order valence-electron chi connectivity index (χ4n) is 2.78. The molecular formula is C15H13Cl2N3O2. The van der Waals surface area contributed by atoms with E-state index in [1.165, 1.54) is 0 Å². The van der Waals surface area contributed by atoms with E-state index in [2.05, 4.69) is 10.3 Å². The molecule has 1 aromatic heterocycles. The van der Waals surface area contributed by atoms with Gasteiger partial charge in [0.1, 0.15) is 11.8 Å². The van der Waals surface area contributed by atoms with Crippen molar-refractivity contribution in [1.82, 2.24) is 10.3 Å². The number of benzene rings is 1. The molecule has 0 spiro atoms. The first-order chi connectivity index (χ1) is 10.5. The number of nitrogens with one attached hydrogen (secondary N) is 2. The molecule has 1 amide bonds. The number of carbonyl (C=O) groups excluding carboxylic acids is 1. The van der Waals surface area contributed by atoms with E-state index in [4.69, 9.17) is 33.2 Å². The number of fused-ring (bicyclic) bond motifs is 3. The predicted octanol–water partition coefficient (Wildman–Crippen LogP) is 3.15. The molecule has 5 nitrogen and oxygen atoms in total. The molecular weight excluding hydrogens is 325 g/mol. The van der Waals surface area contributed by atoms with Crippen molar-refractivity contribution in [2.24, 2.45) is 0 Å². The van der Waals surface area contributed by atoms with Crippen LogP contribution < -0.4 is 10.1 Å². The van der Waals surface area contributed by atoms with Crippen molar-refractivity contribution >= 4 is 40.0 Å². The van der Waals surface area contributed by atoms with Crippen molar-refractivity contribution in [3.63, 3.8) is 0 Å². The number of aromatic nitrogens is 1. The van der Waals surface area contributed by atoms with Crippen LogP contribution in [0, 0.1) is 11.3 Å². The lowest BCUT2D eigenvalue weighted by Crippen LogP contribution is -2.25. The molecule has 114 valence electrons. The molecule has 0 bridgehead atoms. The highest BCUT2D eigenvalue weighted by molar-refractivity contribution is 6.45. The Morgan fingerprint density at radius 2 is 2.27 bits per heavy atom. The van der Waals surface area contributed by atoms with Crippen molar-refractivity contribution in [3.05, 3.63) is 27.4 Å². The monoisotopic (exact) mass is 337 g/mol. The third-order valence-electron chi connectivity index (χ3n) is 3.80. The van der Waals surface area contributed by atoms with Crippen LogP contribution >= 0.6 is 23.2 Å². The minimum absolute atomic E-state index is 0.0520. The average molecular weight is 338 g/mol. The lowest BCUT2D eigenvalue weighted by Gasteiger charge is -2.08. The average Bonchev–Trinajstić information content (AvgIpc) is 2.80. The number of hydrogen-bond acceptors (Lipinski definition) is 3. The minimum atomic E-state index is -0.102. The van der Waals surface area contributed by atoms with E-state index >= 15 is 0 Å². The maximum atomic E-state index is 11.9. The smallest absolute Gasteiger partial charge is 0.224 e. The third kappa shape index (κ3) is 2.39. The van der Waals surface area contributed by atoms with Gasteiger partial charge in [-0.1, -0.05) is 30.1 Å². The van der Waals surface area contributed by atoms with Gasteiger partial charge in [0.05, 0.1) is 22.0 Å². The molecule has 2 N–H and O–H groups in total. The molecule has 1 aliphatic rings. The van der Waals surface area contributed by atoms with E-state index in [9.17, 15) is 4.79 Å². The summed E-state index contributed by atoms with van der Waals surface area (Å²) >= 11 is 12.4. The third-order valence-corrected chi connectivity index (χ3v) is 4.59. The highest BCUT2D eigenvalue weighted by Gasteiger charge is 2.26. The lowest BCUT2D eigenvalue weighted by atomic mass is 10.0. The Hall–Kier alpha value is -1.90. The summed E-state index contributed by atoms with van der Waals surface area (Å²) in [5.74, 6) is 0.529. The van der Waals surface area contributed by atoms with Gasteiger partial charge in [0.2, 0.25) is 5.91 Å². The molecule has 0 saturated heterocycles. The minimum Gasteiger partial charge on any atom is -0.478 e. The molecule has 7 heteroatoms. The number of aromatic amines is 1. The Morgan fingerprint density at radius 3 is 3.00 bits per heavy atom. The summed E-state index contributed by atoms with van der Waals surface area (Å²) < 4.78 is 5.48. The second-order valence-electron chi connectivity index (χ2n) is 5.27. The summed E-state index contributed by atoms with van der Waals surface area (Å²) in [6, 6.07) is 3.52. The number of carbonyl (C=O) groups is 1. The molecule has 22 heavy (non-hydrogen) atoms. The zero-order valence-electron chi connectivity index (χ0n) is 11.8. The topological polar surface area (TPSA) is 77.9 Å². The van der Waals surface area contributed by atoms with Gasteiger partial charge >= 0.3 is 0 Å². The molecule has 1 aromatic carbocycles. The van der Waals surface area contributed by atoms with Crippen LogP contribution in [0.4, 0.5) is 0 Å². The zero-order chi connectivity index (χ0) is 15.9. The fraction of sp³-hybridized carbons (Fsp3) is 0.333. The molecule has 3 rings (SSSR count). The van der Waals surface area contributed by atoms with Gasteiger partial charge in [0.25, 0.3) is 0 Å². The van der Waals surface area contributed by atoms with Crippen molar-refractivity contribution in [2.75, 3.05) is 13.2 Å². The molecule has 1 unspecified atom stereocenters. The van der Waals surface area contributed by atoms with Crippen molar-refractivity contribution < 1.29 is 9.53 Å². The van der Waals surface area contributed by atoms with Crippen LogP contribution in [-0.4, -0.2) is 24.0 Å². The van der Waals surface area contributed by atoms with E-state index in [0.29, 0.717) is 27.9 Å². The van der Waals surface area contributed by atoms with Gasteiger partial charge in [-0.3, -0.25) is 4.79 Å². The van der Waals surface area contributed by atoms with E-state index in [-0.39, 0.29) is 24.9 Å². The highest BCUT2D eigenvalue weighted by atomic mass is 35.5. The van der Waals surface area contributed by atoms with Gasteiger partial charge in [-0.25, -0.2) is 0 Å². The Morgan fingerprint density at radius 1 is 1.50 bits per heavy atom. The summed E-state index contributed by atoms with van der Waals surface area (Å²) in [5, 5.41) is 13.1. The number of H-pyrrole nitrogens is 1. The largest absolute Gasteiger partial charge is 0.478 e. The van der Waals surface area contributed by atoms with Crippen LogP contribution in [0.25, 0.3) is 10.9 Å². The number of ether oxygens (including phenoxy) is 1. The Labute approximate surface area is 137 Å². The summed E-state index contributed by atoms with van der Waals surface area (Å²) in [6.45, 7) is 2.47. The summed E-state index contributed by atoms with van der Waals surface area (Å²) in [6.07, 6.45) is 0.237.